The van der Waals surface area contributed by atoms with Gasteiger partial charge < -0.3 is 14.2 Å². The number of para-hydroxylation sites is 2. The van der Waals surface area contributed by atoms with Crippen molar-refractivity contribution in [2.24, 2.45) is 0 Å². The zero-order chi connectivity index (χ0) is 24.2. The first-order valence-corrected chi connectivity index (χ1v) is 11.8. The van der Waals surface area contributed by atoms with Crippen LogP contribution in [-0.4, -0.2) is 31.6 Å². The molecule has 4 aromatic rings. The van der Waals surface area contributed by atoms with Gasteiger partial charge in [0.05, 0.1) is 17.1 Å². The van der Waals surface area contributed by atoms with Crippen LogP contribution in [0.4, 0.5) is 0 Å². The van der Waals surface area contributed by atoms with Gasteiger partial charge in [0.25, 0.3) is 0 Å². The summed E-state index contributed by atoms with van der Waals surface area (Å²) in [4.78, 5) is 16.2. The van der Waals surface area contributed by atoms with Crippen LogP contribution in [0, 0.1) is 12.3 Å². The summed E-state index contributed by atoms with van der Waals surface area (Å²) in [7, 11) is 0. The Hall–Kier alpha value is -3.22. The fraction of sp³-hybridized carbons (Fsp3) is 0.296. The molecule has 7 heteroatoms. The summed E-state index contributed by atoms with van der Waals surface area (Å²) in [5.41, 5.74) is 5.53. The number of Topliss-reactive ketones (excluding diaryl/α,β-unsaturated/α-hetero) is 1. The maximum Gasteiger partial charge on any atom is 0.203 e. The topological polar surface area (TPSA) is 83.9 Å². The third kappa shape index (κ3) is 4.98. The molecule has 2 unspecified atom stereocenters. The number of carbonyl (C=O) groups excluding carboxylic acids is 1. The Morgan fingerprint density at radius 1 is 1.06 bits per heavy atom. The van der Waals surface area contributed by atoms with Gasteiger partial charge in [-0.3, -0.25) is 10.2 Å². The van der Waals surface area contributed by atoms with Gasteiger partial charge in [-0.2, -0.15) is 0 Å². The van der Waals surface area contributed by atoms with Gasteiger partial charge in [0.15, 0.2) is 5.78 Å². The number of benzene rings is 2. The van der Waals surface area contributed by atoms with Crippen molar-refractivity contribution in [3.63, 3.8) is 0 Å². The number of nitrogens with zero attached hydrogens (tertiary/aromatic N) is 3. The van der Waals surface area contributed by atoms with E-state index in [9.17, 15) is 15.3 Å². The second-order valence-electron chi connectivity index (χ2n) is 8.72. The van der Waals surface area contributed by atoms with E-state index in [1.165, 1.54) is 5.56 Å². The van der Waals surface area contributed by atoms with Crippen LogP contribution in [0.25, 0.3) is 11.0 Å². The van der Waals surface area contributed by atoms with Crippen LogP contribution < -0.4 is 5.62 Å². The van der Waals surface area contributed by atoms with Crippen LogP contribution in [0.1, 0.15) is 48.5 Å². The van der Waals surface area contributed by atoms with Crippen LogP contribution in [0.5, 0.6) is 0 Å². The smallest absolute Gasteiger partial charge is 0.203 e. The summed E-state index contributed by atoms with van der Waals surface area (Å²) in [6, 6.07) is 19.8. The average molecular weight is 477 g/mol. The van der Waals surface area contributed by atoms with Crippen molar-refractivity contribution in [1.29, 1.82) is 5.41 Å². The van der Waals surface area contributed by atoms with Crippen molar-refractivity contribution in [2.45, 2.75) is 45.2 Å². The highest BCUT2D eigenvalue weighted by Gasteiger charge is 2.23. The molecule has 2 aromatic carbocycles. The highest BCUT2D eigenvalue weighted by molar-refractivity contribution is 6.29. The Kier molecular flexibility index (Phi) is 7.29. The Morgan fingerprint density at radius 3 is 2.35 bits per heavy atom. The zero-order valence-corrected chi connectivity index (χ0v) is 20.2. The third-order valence-corrected chi connectivity index (χ3v) is 6.59. The van der Waals surface area contributed by atoms with E-state index in [4.69, 9.17) is 11.6 Å². The van der Waals surface area contributed by atoms with Crippen molar-refractivity contribution in [1.82, 2.24) is 14.1 Å². The highest BCUT2D eigenvalue weighted by Crippen LogP contribution is 2.28. The van der Waals surface area contributed by atoms with Crippen molar-refractivity contribution in [3.05, 3.63) is 94.3 Å². The molecule has 0 saturated carbocycles. The maximum absolute atomic E-state index is 12.0. The number of hydrogen-bond donors (Lipinski definition) is 2. The number of nitrogens with one attached hydrogen (secondary N) is 1. The largest absolute Gasteiger partial charge is 0.389 e. The first-order chi connectivity index (χ1) is 16.4. The van der Waals surface area contributed by atoms with Gasteiger partial charge in [0, 0.05) is 18.7 Å². The number of imidazole rings is 1. The first-order valence-electron chi connectivity index (χ1n) is 11.4. The van der Waals surface area contributed by atoms with Gasteiger partial charge in [0.1, 0.15) is 11.8 Å². The van der Waals surface area contributed by atoms with Gasteiger partial charge >= 0.3 is 0 Å². The quantitative estimate of drug-likeness (QED) is 0.333. The Labute approximate surface area is 204 Å². The predicted molar refractivity (Wildman–Crippen MR) is 134 cm³/mol. The molecule has 34 heavy (non-hydrogen) atoms. The van der Waals surface area contributed by atoms with E-state index >= 15 is 0 Å². The first kappa shape index (κ1) is 23.9. The number of fused-ring (bicyclic) bond motifs is 1. The number of pyridine rings is 1. The number of halogens is 1. The average Bonchev–Trinajstić information content (AvgIpc) is 3.14. The molecule has 2 atom stereocenters. The monoisotopic (exact) mass is 476 g/mol. The minimum absolute atomic E-state index is 0.118. The van der Waals surface area contributed by atoms with Gasteiger partial charge in [-0.05, 0) is 56.0 Å². The SMILES string of the molecule is Cc1ccc(CC(CCC(=O)CO)n2c(=N)n(C(C)c3ccc(Cl)nc3)c3ccccc32)cc1. The molecule has 0 spiro atoms. The van der Waals surface area contributed by atoms with Crippen molar-refractivity contribution in [2.75, 3.05) is 6.61 Å². The predicted octanol–water partition coefficient (Wildman–Crippen LogP) is 5.01. The lowest BCUT2D eigenvalue weighted by Crippen LogP contribution is -2.31. The molecule has 0 amide bonds. The lowest BCUT2D eigenvalue weighted by Gasteiger charge is -2.20. The highest BCUT2D eigenvalue weighted by atomic mass is 35.5. The molecule has 0 aliphatic heterocycles. The van der Waals surface area contributed by atoms with Crippen LogP contribution in [0.2, 0.25) is 5.15 Å². The molecular formula is C27H29ClN4O2. The molecule has 0 aliphatic carbocycles. The number of hydrogen-bond acceptors (Lipinski definition) is 4. The lowest BCUT2D eigenvalue weighted by molar-refractivity contribution is -0.122. The fourth-order valence-corrected chi connectivity index (χ4v) is 4.60. The van der Waals surface area contributed by atoms with E-state index in [-0.39, 0.29) is 24.3 Å². The fourth-order valence-electron chi connectivity index (χ4n) is 4.49. The van der Waals surface area contributed by atoms with E-state index in [1.54, 1.807) is 12.3 Å². The summed E-state index contributed by atoms with van der Waals surface area (Å²) in [6.45, 7) is 3.64. The zero-order valence-electron chi connectivity index (χ0n) is 19.4. The number of aryl methyl sites for hydroxylation is 1. The van der Waals surface area contributed by atoms with Gasteiger partial charge in [-0.25, -0.2) is 4.98 Å². The number of aliphatic hydroxyl groups excluding tert-OH is 1. The molecule has 0 bridgehead atoms. The Bertz CT molecular complexity index is 1340. The molecule has 6 nitrogen and oxygen atoms in total. The molecule has 0 fully saturated rings. The molecule has 2 heterocycles. The lowest BCUT2D eigenvalue weighted by atomic mass is 9.99. The normalized spacial score (nSPS) is 13.2. The van der Waals surface area contributed by atoms with Crippen molar-refractivity contribution >= 4 is 28.4 Å². The van der Waals surface area contributed by atoms with Crippen molar-refractivity contribution < 1.29 is 9.90 Å². The molecule has 0 aliphatic rings. The molecule has 176 valence electrons. The van der Waals surface area contributed by atoms with Crippen LogP contribution in [-0.2, 0) is 11.2 Å². The summed E-state index contributed by atoms with van der Waals surface area (Å²) < 4.78 is 4.02. The molecular weight excluding hydrogens is 448 g/mol. The van der Waals surface area contributed by atoms with Crippen LogP contribution >= 0.6 is 11.6 Å². The molecule has 4 rings (SSSR count). The number of aliphatic hydroxyl groups is 1. The number of carbonyl (C=O) groups is 1. The number of rotatable bonds is 9. The Morgan fingerprint density at radius 2 is 1.74 bits per heavy atom. The number of aromatic nitrogens is 3. The van der Waals surface area contributed by atoms with E-state index in [0.29, 0.717) is 23.6 Å². The summed E-state index contributed by atoms with van der Waals surface area (Å²) in [5.74, 6) is -0.189. The van der Waals surface area contributed by atoms with E-state index in [1.807, 2.05) is 46.4 Å². The van der Waals surface area contributed by atoms with Crippen LogP contribution in [0.15, 0.2) is 66.9 Å². The van der Waals surface area contributed by atoms with Gasteiger partial charge in [0.2, 0.25) is 5.62 Å². The standard InChI is InChI=1S/C27H29ClN4O2/c1-18-7-9-20(10-8-18)15-22(12-13-23(34)17-33)32-25-6-4-3-5-24(25)31(27(32)29)19(2)21-11-14-26(28)30-16-21/h3-11,14,16,19,22,29,33H,12-13,15,17H2,1-2H3. The van der Waals surface area contributed by atoms with E-state index < -0.39 is 6.61 Å². The van der Waals surface area contributed by atoms with Crippen molar-refractivity contribution in [3.8, 4) is 0 Å². The van der Waals surface area contributed by atoms with Gasteiger partial charge in [-0.15, -0.1) is 0 Å². The summed E-state index contributed by atoms with van der Waals surface area (Å²) in [6.07, 6.45) is 3.22. The third-order valence-electron chi connectivity index (χ3n) is 6.37. The van der Waals surface area contributed by atoms with E-state index in [2.05, 4.69) is 36.2 Å². The molecule has 0 radical (unpaired) electrons. The molecule has 2 N–H and O–H groups in total. The second kappa shape index (κ2) is 10.4. The summed E-state index contributed by atoms with van der Waals surface area (Å²) >= 11 is 5.99. The Balaban J connectivity index is 1.82. The van der Waals surface area contributed by atoms with E-state index in [0.717, 1.165) is 22.2 Å². The molecule has 0 saturated heterocycles. The minimum atomic E-state index is -0.460. The molecule has 2 aromatic heterocycles. The van der Waals surface area contributed by atoms with Gasteiger partial charge in [-0.1, -0.05) is 59.6 Å². The maximum atomic E-state index is 12.0. The summed E-state index contributed by atoms with van der Waals surface area (Å²) in [5, 5.41) is 18.9. The number of ketones is 1. The minimum Gasteiger partial charge on any atom is -0.389 e. The second-order valence-corrected chi connectivity index (χ2v) is 9.11. The van der Waals surface area contributed by atoms with Crippen LogP contribution in [0.3, 0.4) is 0 Å².